The Morgan fingerprint density at radius 3 is 2.87 bits per heavy atom. The largest absolute Gasteiger partial charge is 0.503 e. The maximum absolute atomic E-state index is 12.0. The lowest BCUT2D eigenvalue weighted by molar-refractivity contribution is -0.117. The van der Waals surface area contributed by atoms with Crippen LogP contribution in [0.1, 0.15) is 18.9 Å². The lowest BCUT2D eigenvalue weighted by Gasteiger charge is -2.09. The van der Waals surface area contributed by atoms with E-state index in [9.17, 15) is 9.90 Å². The number of methoxy groups -OCH3 is 1. The fourth-order valence-electron chi connectivity index (χ4n) is 1.77. The van der Waals surface area contributed by atoms with Gasteiger partial charge in [-0.15, -0.1) is 0 Å². The van der Waals surface area contributed by atoms with E-state index in [0.717, 1.165) is 0 Å². The van der Waals surface area contributed by atoms with Crippen molar-refractivity contribution >= 4 is 27.9 Å². The maximum atomic E-state index is 12.0. The van der Waals surface area contributed by atoms with Crippen molar-refractivity contribution in [3.05, 3.63) is 27.7 Å². The topological polar surface area (TPSA) is 91.6 Å². The zero-order chi connectivity index (χ0) is 17.2. The van der Waals surface area contributed by atoms with E-state index in [1.165, 1.54) is 6.08 Å². The van der Waals surface area contributed by atoms with E-state index in [0.29, 0.717) is 36.2 Å². The quantitative estimate of drug-likeness (QED) is 0.409. The number of carbonyl (C=O) groups excluding carboxylic acids is 1. The van der Waals surface area contributed by atoms with Crippen LogP contribution in [0.25, 0.3) is 6.08 Å². The molecule has 0 spiro atoms. The summed E-state index contributed by atoms with van der Waals surface area (Å²) in [5, 5.41) is 21.7. The Morgan fingerprint density at radius 2 is 2.26 bits per heavy atom. The Hall–Kier alpha value is -2.04. The van der Waals surface area contributed by atoms with Crippen LogP contribution in [0.15, 0.2) is 22.2 Å². The number of nitriles is 1. The van der Waals surface area contributed by atoms with Crippen LogP contribution in [0.5, 0.6) is 11.5 Å². The van der Waals surface area contributed by atoms with Crippen molar-refractivity contribution in [3.8, 4) is 17.6 Å². The highest BCUT2D eigenvalue weighted by Crippen LogP contribution is 2.36. The summed E-state index contributed by atoms with van der Waals surface area (Å²) in [5.41, 5.74) is 0.546. The third-order valence-corrected chi connectivity index (χ3v) is 3.44. The van der Waals surface area contributed by atoms with Crippen LogP contribution < -0.4 is 10.1 Å². The van der Waals surface area contributed by atoms with Gasteiger partial charge in [-0.3, -0.25) is 4.79 Å². The predicted molar refractivity (Wildman–Crippen MR) is 90.1 cm³/mol. The predicted octanol–water partition coefficient (Wildman–Crippen LogP) is 2.61. The minimum Gasteiger partial charge on any atom is -0.503 e. The number of hydrogen-bond acceptors (Lipinski definition) is 5. The number of nitrogens with zero attached hydrogens (tertiary/aromatic N) is 1. The third-order valence-electron chi connectivity index (χ3n) is 2.84. The highest BCUT2D eigenvalue weighted by atomic mass is 79.9. The number of carbonyl (C=O) groups is 1. The Bertz CT molecular complexity index is 623. The molecule has 0 saturated heterocycles. The van der Waals surface area contributed by atoms with E-state index in [1.807, 2.05) is 6.07 Å². The molecule has 1 amide bonds. The lowest BCUT2D eigenvalue weighted by Crippen LogP contribution is -2.26. The fourth-order valence-corrected chi connectivity index (χ4v) is 2.23. The van der Waals surface area contributed by atoms with E-state index in [-0.39, 0.29) is 17.1 Å². The zero-order valence-electron chi connectivity index (χ0n) is 13.1. The number of aromatic hydroxyl groups is 1. The van der Waals surface area contributed by atoms with Crippen LogP contribution in [-0.4, -0.2) is 37.9 Å². The van der Waals surface area contributed by atoms with E-state index in [4.69, 9.17) is 14.7 Å². The molecule has 1 aromatic carbocycles. The number of nitrogens with one attached hydrogen (secondary N) is 1. The van der Waals surface area contributed by atoms with Crippen LogP contribution in [0.4, 0.5) is 0 Å². The molecule has 0 aliphatic heterocycles. The first-order chi connectivity index (χ1) is 11.0. The van der Waals surface area contributed by atoms with Gasteiger partial charge in [0.25, 0.3) is 5.91 Å². The molecular formula is C16H19BrN2O4. The highest BCUT2D eigenvalue weighted by Gasteiger charge is 2.12. The van der Waals surface area contributed by atoms with Crippen LogP contribution in [0.2, 0.25) is 0 Å². The molecule has 2 N–H and O–H groups in total. The molecule has 0 aliphatic carbocycles. The summed E-state index contributed by atoms with van der Waals surface area (Å²) in [7, 11) is 1.58. The van der Waals surface area contributed by atoms with Crippen molar-refractivity contribution in [2.24, 2.45) is 0 Å². The second-order valence-corrected chi connectivity index (χ2v) is 5.41. The van der Waals surface area contributed by atoms with Crippen molar-refractivity contribution in [2.75, 3.05) is 26.9 Å². The molecule has 124 valence electrons. The molecule has 1 rings (SSSR count). The smallest absolute Gasteiger partial charge is 0.261 e. The summed E-state index contributed by atoms with van der Waals surface area (Å²) in [6.07, 6.45) is 2.11. The van der Waals surface area contributed by atoms with E-state index in [1.54, 1.807) is 26.2 Å². The number of phenolic OH excluding ortho intramolecular Hbond substituents is 1. The van der Waals surface area contributed by atoms with Gasteiger partial charge < -0.3 is 19.9 Å². The molecule has 7 heteroatoms. The van der Waals surface area contributed by atoms with Crippen LogP contribution in [-0.2, 0) is 9.53 Å². The number of halogens is 1. The summed E-state index contributed by atoms with van der Waals surface area (Å²) in [5.74, 6) is -0.191. The molecule has 0 atom stereocenters. The van der Waals surface area contributed by atoms with Crippen molar-refractivity contribution in [1.29, 1.82) is 5.26 Å². The van der Waals surface area contributed by atoms with Gasteiger partial charge in [-0.2, -0.15) is 5.26 Å². The van der Waals surface area contributed by atoms with E-state index in [2.05, 4.69) is 21.2 Å². The van der Waals surface area contributed by atoms with Gasteiger partial charge >= 0.3 is 0 Å². The van der Waals surface area contributed by atoms with E-state index < -0.39 is 5.91 Å². The molecule has 0 bridgehead atoms. The molecule has 1 aromatic rings. The summed E-state index contributed by atoms with van der Waals surface area (Å²) >= 11 is 3.22. The van der Waals surface area contributed by atoms with Crippen molar-refractivity contribution in [1.82, 2.24) is 5.32 Å². The molecule has 0 radical (unpaired) electrons. The van der Waals surface area contributed by atoms with Crippen LogP contribution in [0.3, 0.4) is 0 Å². The Morgan fingerprint density at radius 1 is 1.52 bits per heavy atom. The number of ether oxygens (including phenoxy) is 2. The van der Waals surface area contributed by atoms with Crippen molar-refractivity contribution in [3.63, 3.8) is 0 Å². The summed E-state index contributed by atoms with van der Waals surface area (Å²) in [4.78, 5) is 12.0. The van der Waals surface area contributed by atoms with E-state index >= 15 is 0 Å². The first-order valence-electron chi connectivity index (χ1n) is 7.07. The number of amides is 1. The minimum absolute atomic E-state index is 0.0217. The highest BCUT2D eigenvalue weighted by molar-refractivity contribution is 9.10. The molecule has 6 nitrogen and oxygen atoms in total. The van der Waals surface area contributed by atoms with Gasteiger partial charge in [0, 0.05) is 20.3 Å². The first-order valence-corrected chi connectivity index (χ1v) is 7.87. The monoisotopic (exact) mass is 382 g/mol. The molecule has 23 heavy (non-hydrogen) atoms. The normalized spacial score (nSPS) is 11.0. The molecule has 0 unspecified atom stereocenters. The SMILES string of the molecule is CCOc1cc(C=C(C#N)C(=O)NCCCOC)cc(Br)c1O. The molecule has 0 aromatic heterocycles. The number of hydrogen-bond donors (Lipinski definition) is 2. The average Bonchev–Trinajstić information content (AvgIpc) is 2.53. The van der Waals surface area contributed by atoms with Gasteiger partial charge in [0.05, 0.1) is 11.1 Å². The Balaban J connectivity index is 2.93. The molecule has 0 saturated carbocycles. The summed E-state index contributed by atoms with van der Waals surface area (Å²) in [6.45, 7) is 3.14. The number of phenols is 1. The standard InChI is InChI=1S/C16H19BrN2O4/c1-3-23-14-9-11(8-13(17)15(14)20)7-12(10-18)16(21)19-5-4-6-22-2/h7-9,20H,3-6H2,1-2H3,(H,19,21). The van der Waals surface area contributed by atoms with Gasteiger partial charge in [0.1, 0.15) is 11.6 Å². The third kappa shape index (κ3) is 5.93. The summed E-state index contributed by atoms with van der Waals surface area (Å²) < 4.78 is 10.6. The Labute approximate surface area is 143 Å². The zero-order valence-corrected chi connectivity index (χ0v) is 14.6. The maximum Gasteiger partial charge on any atom is 0.261 e. The second kappa shape index (κ2) is 9.87. The van der Waals surface area contributed by atoms with Gasteiger partial charge in [-0.05, 0) is 53.0 Å². The first kappa shape index (κ1) is 19.0. The molecule has 0 fully saturated rings. The molecule has 0 aliphatic rings. The average molecular weight is 383 g/mol. The fraction of sp³-hybridized carbons (Fsp3) is 0.375. The molecule has 0 heterocycles. The van der Waals surface area contributed by atoms with Gasteiger partial charge in [0.15, 0.2) is 11.5 Å². The van der Waals surface area contributed by atoms with Gasteiger partial charge in [-0.25, -0.2) is 0 Å². The second-order valence-electron chi connectivity index (χ2n) is 4.55. The molecular weight excluding hydrogens is 364 g/mol. The van der Waals surface area contributed by atoms with Crippen LogP contribution in [0, 0.1) is 11.3 Å². The van der Waals surface area contributed by atoms with Crippen molar-refractivity contribution in [2.45, 2.75) is 13.3 Å². The van der Waals surface area contributed by atoms with Gasteiger partial charge in [0.2, 0.25) is 0 Å². The minimum atomic E-state index is -0.453. The Kier molecular flexibility index (Phi) is 8.16. The number of benzene rings is 1. The van der Waals surface area contributed by atoms with Crippen molar-refractivity contribution < 1.29 is 19.4 Å². The van der Waals surface area contributed by atoms with Gasteiger partial charge in [-0.1, -0.05) is 0 Å². The summed E-state index contributed by atoms with van der Waals surface area (Å²) in [6, 6.07) is 5.05. The number of rotatable bonds is 8. The van der Waals surface area contributed by atoms with Crippen LogP contribution >= 0.6 is 15.9 Å². The lowest BCUT2D eigenvalue weighted by atomic mass is 10.1.